The molecule has 9 heteroatoms. The van der Waals surface area contributed by atoms with Gasteiger partial charge in [-0.3, -0.25) is 4.79 Å². The van der Waals surface area contributed by atoms with Crippen LogP contribution in [-0.4, -0.2) is 61.3 Å². The van der Waals surface area contributed by atoms with Crippen molar-refractivity contribution in [2.75, 3.05) is 54.9 Å². The Morgan fingerprint density at radius 1 is 1.16 bits per heavy atom. The SMILES string of the molecule is Nc1nc(N2CCCC(NC(=O)c3cccs3)C2)c2ccc(N3CCOCC3)cc2n1. The number of morpholine rings is 1. The molecule has 0 saturated carbocycles. The smallest absolute Gasteiger partial charge is 0.261 e. The van der Waals surface area contributed by atoms with Gasteiger partial charge in [0.05, 0.1) is 23.6 Å². The number of hydrogen-bond donors (Lipinski definition) is 2. The Bertz CT molecular complexity index is 1070. The molecule has 162 valence electrons. The Balaban J connectivity index is 1.38. The number of carbonyl (C=O) groups excluding carboxylic acids is 1. The van der Waals surface area contributed by atoms with Gasteiger partial charge in [0.1, 0.15) is 5.82 Å². The molecule has 1 unspecified atom stereocenters. The third kappa shape index (κ3) is 4.28. The first-order chi connectivity index (χ1) is 15.2. The number of carbonyl (C=O) groups is 1. The van der Waals surface area contributed by atoms with Gasteiger partial charge in [-0.2, -0.15) is 4.98 Å². The molecule has 8 nitrogen and oxygen atoms in total. The molecule has 5 rings (SSSR count). The molecule has 3 N–H and O–H groups in total. The number of amides is 1. The standard InChI is InChI=1S/C22H26N6O2S/c23-22-25-18-13-16(27-8-10-30-11-9-27)5-6-17(18)20(26-22)28-7-1-3-15(14-28)24-21(29)19-4-2-12-31-19/h2,4-6,12-13,15H,1,3,7-11,14H2,(H,24,29)(H2,23,25,26). The summed E-state index contributed by atoms with van der Waals surface area (Å²) < 4.78 is 5.46. The van der Waals surface area contributed by atoms with Gasteiger partial charge in [0.25, 0.3) is 5.91 Å². The van der Waals surface area contributed by atoms with Crippen molar-refractivity contribution < 1.29 is 9.53 Å². The minimum absolute atomic E-state index is 0.0101. The maximum atomic E-state index is 12.5. The number of anilines is 3. The zero-order valence-corrected chi connectivity index (χ0v) is 18.1. The van der Waals surface area contributed by atoms with E-state index in [0.29, 0.717) is 6.54 Å². The summed E-state index contributed by atoms with van der Waals surface area (Å²) in [5.41, 5.74) is 8.06. The number of piperidine rings is 1. The number of nitrogens with zero attached hydrogens (tertiary/aromatic N) is 4. The molecule has 2 aliphatic heterocycles. The Morgan fingerprint density at radius 2 is 2.03 bits per heavy atom. The summed E-state index contributed by atoms with van der Waals surface area (Å²) in [6.45, 7) is 4.80. The van der Waals surface area contributed by atoms with Crippen LogP contribution in [0.4, 0.5) is 17.5 Å². The fourth-order valence-corrected chi connectivity index (χ4v) is 4.96. The molecule has 2 fully saturated rings. The third-order valence-corrected chi connectivity index (χ3v) is 6.72. The van der Waals surface area contributed by atoms with Crippen molar-refractivity contribution in [2.24, 2.45) is 0 Å². The molecule has 4 heterocycles. The van der Waals surface area contributed by atoms with Crippen LogP contribution in [0.3, 0.4) is 0 Å². The largest absolute Gasteiger partial charge is 0.378 e. The van der Waals surface area contributed by atoms with Crippen LogP contribution >= 0.6 is 11.3 Å². The van der Waals surface area contributed by atoms with Crippen LogP contribution in [0.15, 0.2) is 35.7 Å². The van der Waals surface area contributed by atoms with Crippen LogP contribution in [0, 0.1) is 0 Å². The molecule has 2 aromatic heterocycles. The normalized spacial score (nSPS) is 19.5. The van der Waals surface area contributed by atoms with E-state index in [2.05, 4.69) is 43.3 Å². The first-order valence-electron chi connectivity index (χ1n) is 10.7. The number of nitrogen functional groups attached to an aromatic ring is 1. The molecule has 0 radical (unpaired) electrons. The minimum atomic E-state index is -0.0101. The monoisotopic (exact) mass is 438 g/mol. The van der Waals surface area contributed by atoms with Crippen LogP contribution in [0.2, 0.25) is 0 Å². The van der Waals surface area contributed by atoms with Crippen molar-refractivity contribution in [3.63, 3.8) is 0 Å². The molecule has 0 bridgehead atoms. The van der Waals surface area contributed by atoms with Crippen molar-refractivity contribution in [2.45, 2.75) is 18.9 Å². The highest BCUT2D eigenvalue weighted by Gasteiger charge is 2.25. The molecule has 0 aliphatic carbocycles. The third-order valence-electron chi connectivity index (χ3n) is 5.86. The summed E-state index contributed by atoms with van der Waals surface area (Å²) in [5.74, 6) is 1.10. The number of thiophene rings is 1. The molecule has 2 saturated heterocycles. The summed E-state index contributed by atoms with van der Waals surface area (Å²) in [6, 6.07) is 10.1. The number of nitrogens with two attached hydrogens (primary N) is 1. The van der Waals surface area contributed by atoms with Crippen LogP contribution in [0.25, 0.3) is 10.9 Å². The molecule has 1 atom stereocenters. The van der Waals surface area contributed by atoms with E-state index in [-0.39, 0.29) is 17.9 Å². The highest BCUT2D eigenvalue weighted by atomic mass is 32.1. The molecular formula is C22H26N6O2S. The van der Waals surface area contributed by atoms with Gasteiger partial charge in [-0.05, 0) is 42.5 Å². The predicted octanol–water partition coefficient (Wildman–Crippen LogP) is 2.51. The van der Waals surface area contributed by atoms with Gasteiger partial charge in [-0.15, -0.1) is 11.3 Å². The average Bonchev–Trinajstić information content (AvgIpc) is 3.34. The van der Waals surface area contributed by atoms with Crippen LogP contribution in [-0.2, 0) is 4.74 Å². The highest BCUT2D eigenvalue weighted by Crippen LogP contribution is 2.30. The molecule has 2 aliphatic rings. The van der Waals surface area contributed by atoms with Crippen molar-refractivity contribution in [1.82, 2.24) is 15.3 Å². The van der Waals surface area contributed by atoms with E-state index in [9.17, 15) is 4.79 Å². The highest BCUT2D eigenvalue weighted by molar-refractivity contribution is 7.12. The zero-order valence-electron chi connectivity index (χ0n) is 17.3. The van der Waals surface area contributed by atoms with E-state index in [1.165, 1.54) is 11.3 Å². The van der Waals surface area contributed by atoms with Gasteiger partial charge in [-0.25, -0.2) is 4.98 Å². The van der Waals surface area contributed by atoms with Crippen molar-refractivity contribution in [3.8, 4) is 0 Å². The van der Waals surface area contributed by atoms with E-state index in [0.717, 1.165) is 73.0 Å². The lowest BCUT2D eigenvalue weighted by Gasteiger charge is -2.34. The second-order valence-corrected chi connectivity index (χ2v) is 8.89. The van der Waals surface area contributed by atoms with Gasteiger partial charge >= 0.3 is 0 Å². The van der Waals surface area contributed by atoms with Crippen molar-refractivity contribution in [3.05, 3.63) is 40.6 Å². The van der Waals surface area contributed by atoms with Gasteiger partial charge in [0, 0.05) is 43.3 Å². The molecule has 0 spiro atoms. The molecule has 3 aromatic rings. The Kier molecular flexibility index (Phi) is 5.61. The number of fused-ring (bicyclic) bond motifs is 1. The average molecular weight is 439 g/mol. The van der Waals surface area contributed by atoms with Crippen LogP contribution in [0.1, 0.15) is 22.5 Å². The van der Waals surface area contributed by atoms with E-state index in [4.69, 9.17) is 10.5 Å². The van der Waals surface area contributed by atoms with Gasteiger partial charge < -0.3 is 25.6 Å². The zero-order chi connectivity index (χ0) is 21.2. The van der Waals surface area contributed by atoms with E-state index in [1.54, 1.807) is 0 Å². The lowest BCUT2D eigenvalue weighted by molar-refractivity contribution is 0.0937. The molecule has 31 heavy (non-hydrogen) atoms. The number of ether oxygens (including phenoxy) is 1. The van der Waals surface area contributed by atoms with E-state index in [1.807, 2.05) is 17.5 Å². The minimum Gasteiger partial charge on any atom is -0.378 e. The second-order valence-electron chi connectivity index (χ2n) is 7.94. The lowest BCUT2D eigenvalue weighted by atomic mass is 10.0. The Morgan fingerprint density at radius 3 is 2.84 bits per heavy atom. The Labute approximate surface area is 185 Å². The van der Waals surface area contributed by atoms with E-state index < -0.39 is 0 Å². The van der Waals surface area contributed by atoms with E-state index >= 15 is 0 Å². The Hall–Kier alpha value is -2.91. The first kappa shape index (κ1) is 20.0. The van der Waals surface area contributed by atoms with Gasteiger partial charge in [0.15, 0.2) is 0 Å². The maximum absolute atomic E-state index is 12.5. The summed E-state index contributed by atoms with van der Waals surface area (Å²) in [7, 11) is 0. The fourth-order valence-electron chi connectivity index (χ4n) is 4.33. The number of benzene rings is 1. The number of rotatable bonds is 4. The van der Waals surface area contributed by atoms with Crippen LogP contribution < -0.4 is 20.9 Å². The predicted molar refractivity (Wildman–Crippen MR) is 124 cm³/mol. The van der Waals surface area contributed by atoms with Gasteiger partial charge in [0.2, 0.25) is 5.95 Å². The summed E-state index contributed by atoms with van der Waals surface area (Å²) >= 11 is 1.46. The van der Waals surface area contributed by atoms with Crippen molar-refractivity contribution >= 4 is 45.6 Å². The number of hydrogen-bond acceptors (Lipinski definition) is 8. The lowest BCUT2D eigenvalue weighted by Crippen LogP contribution is -2.48. The number of aromatic nitrogens is 2. The molecule has 1 amide bonds. The molecular weight excluding hydrogens is 412 g/mol. The van der Waals surface area contributed by atoms with Crippen molar-refractivity contribution in [1.29, 1.82) is 0 Å². The first-order valence-corrected chi connectivity index (χ1v) is 11.5. The van der Waals surface area contributed by atoms with Crippen LogP contribution in [0.5, 0.6) is 0 Å². The summed E-state index contributed by atoms with van der Waals surface area (Å²) in [4.78, 5) is 26.8. The fraction of sp³-hybridized carbons (Fsp3) is 0.409. The number of nitrogens with one attached hydrogen (secondary N) is 1. The second kappa shape index (κ2) is 8.68. The molecule has 1 aromatic carbocycles. The summed E-state index contributed by atoms with van der Waals surface area (Å²) in [6.07, 6.45) is 1.93. The quantitative estimate of drug-likeness (QED) is 0.646. The maximum Gasteiger partial charge on any atom is 0.261 e. The van der Waals surface area contributed by atoms with Gasteiger partial charge in [-0.1, -0.05) is 6.07 Å². The summed E-state index contributed by atoms with van der Waals surface area (Å²) in [5, 5.41) is 6.07. The topological polar surface area (TPSA) is 96.6 Å².